The smallest absolute Gasteiger partial charge is 0.0869 e. The molecule has 0 saturated heterocycles. The van der Waals surface area contributed by atoms with Gasteiger partial charge >= 0.3 is 0 Å². The van der Waals surface area contributed by atoms with E-state index in [1.54, 1.807) is 11.3 Å². The van der Waals surface area contributed by atoms with Crippen molar-refractivity contribution in [1.82, 2.24) is 4.98 Å². The molecule has 0 spiro atoms. The van der Waals surface area contributed by atoms with Crippen LogP contribution in [-0.2, 0) is 0 Å². The fourth-order valence-electron chi connectivity index (χ4n) is 1.27. The second-order valence-electron chi connectivity index (χ2n) is 3.21. The molecule has 2 heterocycles. The van der Waals surface area contributed by atoms with Gasteiger partial charge in [0.05, 0.1) is 21.6 Å². The van der Waals surface area contributed by atoms with Crippen molar-refractivity contribution in [3.63, 3.8) is 0 Å². The molecule has 0 N–H and O–H groups in total. The molecule has 1 aliphatic heterocycles. The highest BCUT2D eigenvalue weighted by molar-refractivity contribution is 7.07. The zero-order valence-electron chi connectivity index (χ0n) is 7.61. The number of allylic oxidation sites excluding steroid dienone is 1. The van der Waals surface area contributed by atoms with Crippen molar-refractivity contribution in [3.8, 4) is 0 Å². The summed E-state index contributed by atoms with van der Waals surface area (Å²) in [4.78, 5) is 8.37. The Labute approximate surface area is 80.7 Å². The Morgan fingerprint density at radius 2 is 2.31 bits per heavy atom. The maximum Gasteiger partial charge on any atom is 0.0869 e. The van der Waals surface area contributed by atoms with Gasteiger partial charge < -0.3 is 0 Å². The van der Waals surface area contributed by atoms with Crippen LogP contribution in [0.3, 0.4) is 0 Å². The van der Waals surface area contributed by atoms with E-state index >= 15 is 0 Å². The Morgan fingerprint density at radius 1 is 1.46 bits per heavy atom. The van der Waals surface area contributed by atoms with E-state index in [2.05, 4.69) is 29.7 Å². The molecule has 0 atom stereocenters. The summed E-state index contributed by atoms with van der Waals surface area (Å²) in [6.45, 7) is 4.31. The second-order valence-corrected chi connectivity index (χ2v) is 4.09. The average Bonchev–Trinajstić information content (AvgIpc) is 2.44. The van der Waals surface area contributed by atoms with Crippen molar-refractivity contribution < 1.29 is 0 Å². The van der Waals surface area contributed by atoms with E-state index in [0.29, 0.717) is 5.92 Å². The van der Waals surface area contributed by atoms with E-state index in [0.717, 1.165) is 9.88 Å². The average molecular weight is 190 g/mol. The van der Waals surface area contributed by atoms with Crippen LogP contribution in [-0.4, -0.2) is 10.9 Å². The van der Waals surface area contributed by atoms with Gasteiger partial charge in [-0.25, -0.2) is 9.98 Å². The standard InChI is InChI=1S/C10H10N2S/c1-7(2)8-3-4-11-5-9-10(8)12-6-13-9/h3,5-7H,1-2H3. The monoisotopic (exact) mass is 190 g/mol. The summed E-state index contributed by atoms with van der Waals surface area (Å²) in [5, 5.41) is 1.06. The summed E-state index contributed by atoms with van der Waals surface area (Å²) in [6.07, 6.45) is 3.74. The fraction of sp³-hybridized carbons (Fsp3) is 0.300. The maximum absolute atomic E-state index is 4.34. The molecule has 2 nitrogen and oxygen atoms in total. The predicted molar refractivity (Wildman–Crippen MR) is 56.1 cm³/mol. The zero-order chi connectivity index (χ0) is 9.26. The van der Waals surface area contributed by atoms with Gasteiger partial charge in [-0.1, -0.05) is 13.8 Å². The molecule has 2 rings (SSSR count). The number of nitrogens with zero attached hydrogens (tertiary/aromatic N) is 2. The summed E-state index contributed by atoms with van der Waals surface area (Å²) in [6, 6.07) is 0. The molecule has 1 aliphatic rings. The van der Waals surface area contributed by atoms with Crippen molar-refractivity contribution >= 4 is 29.0 Å². The third kappa shape index (κ3) is 1.48. The lowest BCUT2D eigenvalue weighted by molar-refractivity contribution is 0.852. The summed E-state index contributed by atoms with van der Waals surface area (Å²) < 4.78 is 1.13. The Morgan fingerprint density at radius 3 is 3.08 bits per heavy atom. The number of fused-ring (bicyclic) bond motifs is 1. The summed E-state index contributed by atoms with van der Waals surface area (Å²) in [7, 11) is 0. The molecule has 1 aromatic rings. The number of hydrogen-bond donors (Lipinski definition) is 0. The minimum Gasteiger partial charge on any atom is -0.244 e. The van der Waals surface area contributed by atoms with Gasteiger partial charge in [-0.15, -0.1) is 11.3 Å². The fourth-order valence-corrected chi connectivity index (χ4v) is 1.94. The van der Waals surface area contributed by atoms with Crippen LogP contribution in [0.2, 0.25) is 0 Å². The van der Waals surface area contributed by atoms with Crippen molar-refractivity contribution in [3.05, 3.63) is 21.5 Å². The third-order valence-corrected chi connectivity index (χ3v) is 2.73. The predicted octanol–water partition coefficient (Wildman–Crippen LogP) is 0.927. The van der Waals surface area contributed by atoms with Gasteiger partial charge in [-0.2, -0.15) is 0 Å². The van der Waals surface area contributed by atoms with E-state index in [1.165, 1.54) is 5.57 Å². The SMILES string of the molecule is CC(C)C1=c2ncsc2=CN=C=C1. The quantitative estimate of drug-likeness (QED) is 0.646. The van der Waals surface area contributed by atoms with Crippen LogP contribution in [0.4, 0.5) is 0 Å². The second kappa shape index (κ2) is 3.29. The van der Waals surface area contributed by atoms with E-state index in [1.807, 2.05) is 17.8 Å². The Hall–Kier alpha value is -1.18. The van der Waals surface area contributed by atoms with Crippen LogP contribution in [0.15, 0.2) is 16.6 Å². The molecular formula is C10H10N2S. The van der Waals surface area contributed by atoms with E-state index in [-0.39, 0.29) is 0 Å². The largest absolute Gasteiger partial charge is 0.244 e. The van der Waals surface area contributed by atoms with Crippen LogP contribution < -0.4 is 9.88 Å². The highest BCUT2D eigenvalue weighted by atomic mass is 32.1. The first-order chi connectivity index (χ1) is 6.29. The molecule has 66 valence electrons. The van der Waals surface area contributed by atoms with Crippen LogP contribution in [0, 0.1) is 5.92 Å². The Bertz CT molecular complexity index is 487. The summed E-state index contributed by atoms with van der Waals surface area (Å²) >= 11 is 1.62. The van der Waals surface area contributed by atoms with Gasteiger partial charge in [0.1, 0.15) is 0 Å². The van der Waals surface area contributed by atoms with Gasteiger partial charge in [0, 0.05) is 6.08 Å². The number of hydrogen-bond acceptors (Lipinski definition) is 3. The molecule has 0 unspecified atom stereocenters. The molecule has 0 fully saturated rings. The van der Waals surface area contributed by atoms with E-state index < -0.39 is 0 Å². The minimum atomic E-state index is 0.468. The van der Waals surface area contributed by atoms with Crippen LogP contribution in [0.1, 0.15) is 13.8 Å². The lowest BCUT2D eigenvalue weighted by Gasteiger charge is -2.01. The molecule has 3 heteroatoms. The molecule has 0 saturated carbocycles. The number of aromatic nitrogens is 1. The van der Waals surface area contributed by atoms with Crippen LogP contribution in [0.25, 0.3) is 11.8 Å². The highest BCUT2D eigenvalue weighted by Gasteiger charge is 2.04. The molecule has 1 aromatic heterocycles. The molecule has 0 aromatic carbocycles. The molecule has 0 aliphatic carbocycles. The Balaban J connectivity index is 2.85. The highest BCUT2D eigenvalue weighted by Crippen LogP contribution is 2.08. The molecular weight excluding hydrogens is 180 g/mol. The molecule has 0 radical (unpaired) electrons. The normalized spacial score (nSPS) is 14.2. The van der Waals surface area contributed by atoms with Crippen molar-refractivity contribution in [1.29, 1.82) is 0 Å². The van der Waals surface area contributed by atoms with Crippen LogP contribution in [0.5, 0.6) is 0 Å². The maximum atomic E-state index is 4.34. The number of thiazole rings is 1. The lowest BCUT2D eigenvalue weighted by Crippen LogP contribution is -2.24. The van der Waals surface area contributed by atoms with Gasteiger partial charge in [-0.05, 0) is 17.4 Å². The van der Waals surface area contributed by atoms with Gasteiger partial charge in [-0.3, -0.25) is 0 Å². The topological polar surface area (TPSA) is 25.2 Å². The van der Waals surface area contributed by atoms with Crippen LogP contribution >= 0.6 is 11.3 Å². The van der Waals surface area contributed by atoms with Gasteiger partial charge in [0.25, 0.3) is 0 Å². The number of rotatable bonds is 1. The van der Waals surface area contributed by atoms with Gasteiger partial charge in [0.15, 0.2) is 0 Å². The van der Waals surface area contributed by atoms with Crippen molar-refractivity contribution in [2.45, 2.75) is 13.8 Å². The molecule has 0 bridgehead atoms. The van der Waals surface area contributed by atoms with E-state index in [9.17, 15) is 0 Å². The van der Waals surface area contributed by atoms with Gasteiger partial charge in [0.2, 0.25) is 0 Å². The first-order valence-corrected chi connectivity index (χ1v) is 5.09. The molecule has 0 amide bonds. The first-order valence-electron chi connectivity index (χ1n) is 4.21. The minimum absolute atomic E-state index is 0.468. The summed E-state index contributed by atoms with van der Waals surface area (Å²) in [5.74, 6) is 3.35. The zero-order valence-corrected chi connectivity index (χ0v) is 8.43. The summed E-state index contributed by atoms with van der Waals surface area (Å²) in [5.41, 5.74) is 3.08. The molecule has 13 heavy (non-hydrogen) atoms. The van der Waals surface area contributed by atoms with E-state index in [4.69, 9.17) is 0 Å². The lowest BCUT2D eigenvalue weighted by atomic mass is 10.0. The number of aliphatic imine (C=N–C) groups is 1. The van der Waals surface area contributed by atoms with Crippen molar-refractivity contribution in [2.75, 3.05) is 0 Å². The Kier molecular flexibility index (Phi) is 2.13. The van der Waals surface area contributed by atoms with Crippen molar-refractivity contribution in [2.24, 2.45) is 10.9 Å². The first kappa shape index (κ1) is 8.42. The third-order valence-electron chi connectivity index (χ3n) is 1.97.